The van der Waals surface area contributed by atoms with Crippen LogP contribution in [0.5, 0.6) is 11.5 Å². The number of carbonyl (C=O) groups excluding carboxylic acids is 2. The van der Waals surface area contributed by atoms with Crippen molar-refractivity contribution in [2.75, 3.05) is 19.8 Å². The lowest BCUT2D eigenvalue weighted by molar-refractivity contribution is -0.122. The first-order valence-corrected chi connectivity index (χ1v) is 10.5. The van der Waals surface area contributed by atoms with Crippen molar-refractivity contribution in [3.8, 4) is 11.5 Å². The van der Waals surface area contributed by atoms with Gasteiger partial charge in [0.05, 0.1) is 12.1 Å². The smallest absolute Gasteiger partial charge is 0.251 e. The summed E-state index contributed by atoms with van der Waals surface area (Å²) in [5.74, 6) is 1.03. The summed E-state index contributed by atoms with van der Waals surface area (Å²) in [5, 5.41) is 5.94. The zero-order valence-electron chi connectivity index (χ0n) is 17.5. The van der Waals surface area contributed by atoms with Crippen molar-refractivity contribution in [1.29, 1.82) is 0 Å². The molecule has 0 aromatic heterocycles. The number of benzene rings is 2. The number of aryl methyl sites for hydroxylation is 2. The summed E-state index contributed by atoms with van der Waals surface area (Å²) >= 11 is 0. The van der Waals surface area contributed by atoms with Gasteiger partial charge in [0.1, 0.15) is 13.2 Å². The van der Waals surface area contributed by atoms with E-state index in [9.17, 15) is 9.59 Å². The molecule has 0 radical (unpaired) electrons. The van der Waals surface area contributed by atoms with Crippen LogP contribution < -0.4 is 20.1 Å². The van der Waals surface area contributed by atoms with Gasteiger partial charge in [-0.2, -0.15) is 0 Å². The highest BCUT2D eigenvalue weighted by Crippen LogP contribution is 2.42. The lowest BCUT2D eigenvalue weighted by Gasteiger charge is -2.32. The molecule has 1 fully saturated rings. The Bertz CT molecular complexity index is 964. The number of hydrogen-bond acceptors (Lipinski definition) is 4. The number of fused-ring (bicyclic) bond motifs is 1. The molecule has 1 aliphatic carbocycles. The Hall–Kier alpha value is -3.02. The van der Waals surface area contributed by atoms with Gasteiger partial charge in [-0.1, -0.05) is 25.0 Å². The number of carbonyl (C=O) groups is 2. The first-order chi connectivity index (χ1) is 14.5. The summed E-state index contributed by atoms with van der Waals surface area (Å²) in [6.45, 7) is 4.99. The van der Waals surface area contributed by atoms with E-state index < -0.39 is 5.54 Å². The summed E-state index contributed by atoms with van der Waals surface area (Å²) in [4.78, 5) is 25.2. The van der Waals surface area contributed by atoms with E-state index in [0.717, 1.165) is 53.9 Å². The van der Waals surface area contributed by atoms with Gasteiger partial charge < -0.3 is 20.1 Å². The predicted octanol–water partition coefficient (Wildman–Crippen LogP) is 3.39. The average molecular weight is 408 g/mol. The van der Waals surface area contributed by atoms with Crippen LogP contribution in [0.4, 0.5) is 0 Å². The van der Waals surface area contributed by atoms with E-state index in [0.29, 0.717) is 18.8 Å². The van der Waals surface area contributed by atoms with E-state index in [-0.39, 0.29) is 18.4 Å². The van der Waals surface area contributed by atoms with E-state index in [4.69, 9.17) is 9.47 Å². The lowest BCUT2D eigenvalue weighted by Crippen LogP contribution is -2.48. The first-order valence-electron chi connectivity index (χ1n) is 10.5. The Kier molecular flexibility index (Phi) is 5.66. The van der Waals surface area contributed by atoms with Gasteiger partial charge in [0.25, 0.3) is 5.91 Å². The molecule has 1 saturated carbocycles. The largest absolute Gasteiger partial charge is 0.486 e. The SMILES string of the molecule is Cc1ccc(C(=O)NCC(=O)NC2(c3ccc4c(c3)OCCO4)CCCC2)cc1C. The molecule has 2 aliphatic rings. The summed E-state index contributed by atoms with van der Waals surface area (Å²) < 4.78 is 11.3. The molecule has 0 atom stereocenters. The number of amides is 2. The fourth-order valence-electron chi connectivity index (χ4n) is 4.26. The molecular formula is C24H28N2O4. The van der Waals surface area contributed by atoms with E-state index in [1.54, 1.807) is 6.07 Å². The maximum Gasteiger partial charge on any atom is 0.251 e. The van der Waals surface area contributed by atoms with Crippen molar-refractivity contribution in [2.45, 2.75) is 45.1 Å². The third-order valence-corrected chi connectivity index (χ3v) is 6.11. The predicted molar refractivity (Wildman–Crippen MR) is 114 cm³/mol. The van der Waals surface area contributed by atoms with Crippen LogP contribution >= 0.6 is 0 Å². The van der Waals surface area contributed by atoms with Gasteiger partial charge in [0.2, 0.25) is 5.91 Å². The second-order valence-electron chi connectivity index (χ2n) is 8.18. The molecule has 0 saturated heterocycles. The molecule has 1 aliphatic heterocycles. The van der Waals surface area contributed by atoms with E-state index >= 15 is 0 Å². The van der Waals surface area contributed by atoms with Crippen molar-refractivity contribution in [3.05, 3.63) is 58.7 Å². The molecule has 4 rings (SSSR count). The number of rotatable bonds is 5. The summed E-state index contributed by atoms with van der Waals surface area (Å²) in [7, 11) is 0. The maximum atomic E-state index is 12.7. The van der Waals surface area contributed by atoms with Crippen LogP contribution in [0.25, 0.3) is 0 Å². The quantitative estimate of drug-likeness (QED) is 0.795. The minimum Gasteiger partial charge on any atom is -0.486 e. The number of ether oxygens (including phenoxy) is 2. The van der Waals surface area contributed by atoms with Crippen LogP contribution in [0, 0.1) is 13.8 Å². The molecule has 2 aromatic carbocycles. The molecule has 0 bridgehead atoms. The van der Waals surface area contributed by atoms with E-state index in [1.807, 2.05) is 44.2 Å². The fourth-order valence-corrected chi connectivity index (χ4v) is 4.26. The molecule has 6 nitrogen and oxygen atoms in total. The second-order valence-corrected chi connectivity index (χ2v) is 8.18. The van der Waals surface area contributed by atoms with Crippen LogP contribution in [0.1, 0.15) is 52.7 Å². The first kappa shape index (κ1) is 20.3. The van der Waals surface area contributed by atoms with Crippen molar-refractivity contribution < 1.29 is 19.1 Å². The van der Waals surface area contributed by atoms with Gasteiger partial charge >= 0.3 is 0 Å². The van der Waals surface area contributed by atoms with Gasteiger partial charge in [-0.15, -0.1) is 0 Å². The molecule has 6 heteroatoms. The molecule has 2 amide bonds. The topological polar surface area (TPSA) is 76.7 Å². The van der Waals surface area contributed by atoms with Gasteiger partial charge in [-0.25, -0.2) is 0 Å². The van der Waals surface area contributed by atoms with Gasteiger partial charge in [-0.05, 0) is 67.6 Å². The molecule has 158 valence electrons. The molecule has 0 unspecified atom stereocenters. The second kappa shape index (κ2) is 8.38. The Morgan fingerprint density at radius 2 is 1.67 bits per heavy atom. The summed E-state index contributed by atoms with van der Waals surface area (Å²) in [6.07, 6.45) is 3.82. The molecule has 0 spiro atoms. The van der Waals surface area contributed by atoms with Gasteiger partial charge in [0.15, 0.2) is 11.5 Å². The monoisotopic (exact) mass is 408 g/mol. The van der Waals surface area contributed by atoms with Crippen LogP contribution in [0.15, 0.2) is 36.4 Å². The highest BCUT2D eigenvalue weighted by Gasteiger charge is 2.37. The highest BCUT2D eigenvalue weighted by atomic mass is 16.6. The summed E-state index contributed by atoms with van der Waals surface area (Å²) in [5.41, 5.74) is 3.34. The average Bonchev–Trinajstić information content (AvgIpc) is 3.23. The van der Waals surface area contributed by atoms with E-state index in [1.165, 1.54) is 0 Å². The standard InChI is InChI=1S/C24H28N2O4/c1-16-5-6-18(13-17(16)2)23(28)25-15-22(27)26-24(9-3-4-10-24)19-7-8-20-21(14-19)30-12-11-29-20/h5-8,13-14H,3-4,9-12,15H2,1-2H3,(H,25,28)(H,26,27). The van der Waals surface area contributed by atoms with E-state index in [2.05, 4.69) is 10.6 Å². The fraction of sp³-hybridized carbons (Fsp3) is 0.417. The zero-order valence-corrected chi connectivity index (χ0v) is 17.5. The Morgan fingerprint density at radius 1 is 0.933 bits per heavy atom. The van der Waals surface area contributed by atoms with Crippen molar-refractivity contribution >= 4 is 11.8 Å². The normalized spacial score (nSPS) is 16.7. The zero-order chi connectivity index (χ0) is 21.1. The Balaban J connectivity index is 1.43. The van der Waals surface area contributed by atoms with Crippen LogP contribution in [-0.2, 0) is 10.3 Å². The molecule has 2 aromatic rings. The van der Waals surface area contributed by atoms with Crippen molar-refractivity contribution in [3.63, 3.8) is 0 Å². The summed E-state index contributed by atoms with van der Waals surface area (Å²) in [6, 6.07) is 11.4. The van der Waals surface area contributed by atoms with Crippen molar-refractivity contribution in [1.82, 2.24) is 10.6 Å². The molecule has 2 N–H and O–H groups in total. The Morgan fingerprint density at radius 3 is 2.40 bits per heavy atom. The lowest BCUT2D eigenvalue weighted by atomic mass is 9.87. The number of nitrogens with one attached hydrogen (secondary N) is 2. The van der Waals surface area contributed by atoms with Crippen LogP contribution in [0.2, 0.25) is 0 Å². The van der Waals surface area contributed by atoms with Gasteiger partial charge in [0, 0.05) is 5.56 Å². The minimum absolute atomic E-state index is 0.0575. The third-order valence-electron chi connectivity index (χ3n) is 6.11. The third kappa shape index (κ3) is 4.13. The van der Waals surface area contributed by atoms with Gasteiger partial charge in [-0.3, -0.25) is 9.59 Å². The Labute approximate surface area is 177 Å². The molecular weight excluding hydrogens is 380 g/mol. The van der Waals surface area contributed by atoms with Crippen molar-refractivity contribution in [2.24, 2.45) is 0 Å². The molecule has 30 heavy (non-hydrogen) atoms. The number of hydrogen-bond donors (Lipinski definition) is 2. The minimum atomic E-state index is -0.432. The maximum absolute atomic E-state index is 12.7. The molecule has 1 heterocycles. The van der Waals surface area contributed by atoms with Crippen LogP contribution in [-0.4, -0.2) is 31.6 Å². The van der Waals surface area contributed by atoms with Crippen LogP contribution in [0.3, 0.4) is 0 Å². The highest BCUT2D eigenvalue weighted by molar-refractivity contribution is 5.96.